The smallest absolute Gasteiger partial charge is 0.506 e. The van der Waals surface area contributed by atoms with E-state index in [-0.39, 0.29) is 25.7 Å². The van der Waals surface area contributed by atoms with Gasteiger partial charge in [0, 0.05) is 25.2 Å². The number of phenols is 1. The molecule has 23 heteroatoms. The zero-order valence-electron chi connectivity index (χ0n) is 26.5. The average molecular weight is 745 g/mol. The number of nitrogens with zero attached hydrogens (tertiary/aromatic N) is 4. The molecule has 1 saturated carbocycles. The summed E-state index contributed by atoms with van der Waals surface area (Å²) in [4.78, 5) is 40.2. The summed E-state index contributed by atoms with van der Waals surface area (Å²) in [6.45, 7) is 1.22. The molecule has 1 N–H and O–H groups in total. The fourth-order valence-corrected chi connectivity index (χ4v) is 6.59. The molecule has 2 fully saturated rings. The Balaban J connectivity index is 1.53. The highest BCUT2D eigenvalue weighted by atomic mass is 32.2. The van der Waals surface area contributed by atoms with Gasteiger partial charge in [-0.2, -0.15) is 12.7 Å². The number of phenolic OH excluding ortho intramolecular Hbond substituents is 1. The molecule has 1 aromatic carbocycles. The molecule has 4 rings (SSSR count). The number of amides is 1. The standard InChI is InChI=1S/C26H32F3N4O14PS/c1-14(2)46-24(36)41-12-44-48(38,45-13-42-25(37)47-15(3)4)43-11-33-20(35)10-32(49(33,39)40)22-19(34)7-6-16(21(22)27)18-9-31(5)23(30-18)17-8-26(17,28)29/h6-7,9,14-15,17,34H,8,10-13H2,1-5H3. The molecule has 1 aromatic heterocycles. The van der Waals surface area contributed by atoms with Crippen molar-refractivity contribution in [1.29, 1.82) is 0 Å². The second-order valence-electron chi connectivity index (χ2n) is 11.0. The van der Waals surface area contributed by atoms with Gasteiger partial charge in [-0.3, -0.25) is 9.32 Å². The van der Waals surface area contributed by atoms with Crippen LogP contribution < -0.4 is 4.31 Å². The van der Waals surface area contributed by atoms with Crippen LogP contribution >= 0.6 is 7.82 Å². The van der Waals surface area contributed by atoms with Gasteiger partial charge in [-0.15, -0.1) is 0 Å². The maximum Gasteiger partial charge on any atom is 0.510 e. The lowest BCUT2D eigenvalue weighted by molar-refractivity contribution is -0.126. The molecule has 0 spiro atoms. The first-order chi connectivity index (χ1) is 22.8. The number of phosphoric ester groups is 1. The van der Waals surface area contributed by atoms with Gasteiger partial charge in [-0.05, 0) is 39.8 Å². The number of carbonyl (C=O) groups is 3. The molecular weight excluding hydrogens is 712 g/mol. The Labute approximate surface area is 277 Å². The minimum absolute atomic E-state index is 0.00621. The number of hydrogen-bond donors (Lipinski definition) is 1. The highest BCUT2D eigenvalue weighted by Crippen LogP contribution is 2.55. The van der Waals surface area contributed by atoms with Crippen molar-refractivity contribution in [2.45, 2.75) is 58.2 Å². The number of aromatic hydroxyl groups is 1. The lowest BCUT2D eigenvalue weighted by Gasteiger charge is -2.23. The predicted octanol–water partition coefficient (Wildman–Crippen LogP) is 4.10. The lowest BCUT2D eigenvalue weighted by atomic mass is 10.1. The highest BCUT2D eigenvalue weighted by molar-refractivity contribution is 7.91. The Bertz CT molecular complexity index is 1720. The van der Waals surface area contributed by atoms with E-state index < -0.39 is 111 Å². The summed E-state index contributed by atoms with van der Waals surface area (Å²) in [5.74, 6) is -7.76. The van der Waals surface area contributed by atoms with E-state index in [1.165, 1.54) is 45.5 Å². The van der Waals surface area contributed by atoms with Crippen LogP contribution in [-0.2, 0) is 59.1 Å². The van der Waals surface area contributed by atoms with E-state index in [1.54, 1.807) is 0 Å². The molecule has 49 heavy (non-hydrogen) atoms. The van der Waals surface area contributed by atoms with Gasteiger partial charge >= 0.3 is 30.3 Å². The summed E-state index contributed by atoms with van der Waals surface area (Å²) >= 11 is 0. The van der Waals surface area contributed by atoms with E-state index in [0.717, 1.165) is 12.1 Å². The molecular formula is C26H32F3N4O14PS. The number of anilines is 1. The number of benzene rings is 1. The summed E-state index contributed by atoms with van der Waals surface area (Å²) in [6, 6.07) is 1.96. The Morgan fingerprint density at radius 1 is 1.06 bits per heavy atom. The number of hydrogen-bond acceptors (Lipinski definition) is 15. The van der Waals surface area contributed by atoms with Gasteiger partial charge in [0.1, 0.15) is 30.5 Å². The van der Waals surface area contributed by atoms with E-state index in [9.17, 15) is 41.3 Å². The van der Waals surface area contributed by atoms with E-state index >= 15 is 4.39 Å². The number of rotatable bonds is 14. The molecule has 2 aliphatic rings. The summed E-state index contributed by atoms with van der Waals surface area (Å²) in [7, 11) is -8.71. The second kappa shape index (κ2) is 14.4. The Morgan fingerprint density at radius 2 is 1.61 bits per heavy atom. The van der Waals surface area contributed by atoms with E-state index in [0.29, 0.717) is 0 Å². The number of ether oxygens (including phenoxy) is 4. The molecule has 1 unspecified atom stereocenters. The predicted molar refractivity (Wildman–Crippen MR) is 157 cm³/mol. The zero-order valence-corrected chi connectivity index (χ0v) is 28.2. The molecule has 0 radical (unpaired) electrons. The SMILES string of the molecule is CC(C)OC(=O)OCOP(=O)(OCOC(=O)OC(C)C)OCN1C(=O)CN(c2c(O)ccc(-c3cn(C)c(C4CC4(F)F)n3)c2F)S1(=O)=O. The molecule has 2 aromatic rings. The summed E-state index contributed by atoms with van der Waals surface area (Å²) in [5.41, 5.74) is -1.52. The summed E-state index contributed by atoms with van der Waals surface area (Å²) in [5, 5.41) is 10.5. The number of halogens is 3. The highest BCUT2D eigenvalue weighted by Gasteiger charge is 2.60. The van der Waals surface area contributed by atoms with E-state index in [2.05, 4.69) is 14.5 Å². The summed E-state index contributed by atoms with van der Waals surface area (Å²) < 4.78 is 118. The van der Waals surface area contributed by atoms with Crippen molar-refractivity contribution in [3.8, 4) is 17.0 Å². The Hall–Kier alpha value is -4.11. The van der Waals surface area contributed by atoms with Gasteiger partial charge < -0.3 is 28.6 Å². The number of phosphoric acid groups is 1. The van der Waals surface area contributed by atoms with Crippen LogP contribution in [0.15, 0.2) is 18.3 Å². The van der Waals surface area contributed by atoms with E-state index in [1.807, 2.05) is 0 Å². The van der Waals surface area contributed by atoms with Crippen molar-refractivity contribution in [2.24, 2.45) is 7.05 Å². The van der Waals surface area contributed by atoms with Crippen LogP contribution in [0.5, 0.6) is 5.75 Å². The maximum atomic E-state index is 15.9. The van der Waals surface area contributed by atoms with Gasteiger partial charge in [0.05, 0.1) is 23.8 Å². The van der Waals surface area contributed by atoms with Crippen LogP contribution in [0.1, 0.15) is 45.9 Å². The first-order valence-corrected chi connectivity index (χ1v) is 17.1. The van der Waals surface area contributed by atoms with Crippen LogP contribution in [0.2, 0.25) is 0 Å². The topological polar surface area (TPSA) is 212 Å². The number of carbonyl (C=O) groups excluding carboxylic acids is 3. The van der Waals surface area contributed by atoms with Gasteiger partial charge in [-0.1, -0.05) is 0 Å². The monoisotopic (exact) mass is 744 g/mol. The third-order valence-electron chi connectivity index (χ3n) is 6.56. The quantitative estimate of drug-likeness (QED) is 0.164. The molecule has 18 nitrogen and oxygen atoms in total. The summed E-state index contributed by atoms with van der Waals surface area (Å²) in [6.07, 6.45) is -2.95. The molecule has 2 heterocycles. The maximum absolute atomic E-state index is 15.9. The van der Waals surface area contributed by atoms with Crippen LogP contribution in [0, 0.1) is 5.82 Å². The number of aromatic nitrogens is 2. The molecule has 1 amide bonds. The fraction of sp³-hybridized carbons (Fsp3) is 0.538. The Morgan fingerprint density at radius 3 is 2.12 bits per heavy atom. The Kier molecular flexibility index (Phi) is 11.1. The van der Waals surface area contributed by atoms with E-state index in [4.69, 9.17) is 23.0 Å². The normalized spacial score (nSPS) is 18.2. The number of alkyl halides is 2. The largest absolute Gasteiger partial charge is 0.510 e. The first-order valence-electron chi connectivity index (χ1n) is 14.2. The molecule has 1 atom stereocenters. The number of imidazole rings is 1. The third kappa shape index (κ3) is 8.74. The number of aryl methyl sites for hydroxylation is 1. The van der Waals surface area contributed by atoms with Crippen molar-refractivity contribution < 1.29 is 78.2 Å². The van der Waals surface area contributed by atoms with Crippen molar-refractivity contribution in [3.05, 3.63) is 30.0 Å². The van der Waals surface area contributed by atoms with Crippen molar-refractivity contribution >= 4 is 41.9 Å². The van der Waals surface area contributed by atoms with Gasteiger partial charge in [0.2, 0.25) is 13.6 Å². The molecule has 0 bridgehead atoms. The van der Waals surface area contributed by atoms with Crippen molar-refractivity contribution in [1.82, 2.24) is 13.9 Å². The van der Waals surface area contributed by atoms with Crippen LogP contribution in [0.25, 0.3) is 11.3 Å². The van der Waals surface area contributed by atoms with Crippen LogP contribution in [0.4, 0.5) is 28.4 Å². The average Bonchev–Trinajstić information content (AvgIpc) is 3.31. The minimum atomic E-state index is -5.09. The fourth-order valence-electron chi connectivity index (χ4n) is 4.25. The molecule has 1 aliphatic carbocycles. The second-order valence-corrected chi connectivity index (χ2v) is 14.4. The van der Waals surface area contributed by atoms with Crippen LogP contribution in [0.3, 0.4) is 0 Å². The third-order valence-corrected chi connectivity index (χ3v) is 9.57. The molecule has 1 aliphatic heterocycles. The molecule has 1 saturated heterocycles. The molecule has 272 valence electrons. The van der Waals surface area contributed by atoms with Gasteiger partial charge in [0.25, 0.3) is 11.8 Å². The zero-order chi connectivity index (χ0) is 36.5. The minimum Gasteiger partial charge on any atom is -0.506 e. The van der Waals surface area contributed by atoms with Gasteiger partial charge in [-0.25, -0.2) is 45.7 Å². The van der Waals surface area contributed by atoms with Crippen molar-refractivity contribution in [3.63, 3.8) is 0 Å². The van der Waals surface area contributed by atoms with Crippen molar-refractivity contribution in [2.75, 3.05) is 31.2 Å². The first kappa shape index (κ1) is 37.7. The van der Waals surface area contributed by atoms with Gasteiger partial charge in [0.15, 0.2) is 5.82 Å². The lowest BCUT2D eigenvalue weighted by Crippen LogP contribution is -2.36. The van der Waals surface area contributed by atoms with Crippen LogP contribution in [-0.4, -0.2) is 90.6 Å².